The molecule has 0 spiro atoms. The summed E-state index contributed by atoms with van der Waals surface area (Å²) in [5.74, 6) is -1.21. The van der Waals surface area contributed by atoms with E-state index in [0.29, 0.717) is 52.9 Å². The first kappa shape index (κ1) is 29.8. The molecule has 40 heavy (non-hydrogen) atoms. The number of carbonyl (C=O) groups is 4. The maximum atomic E-state index is 12.9. The monoisotopic (exact) mass is 701 g/mol. The van der Waals surface area contributed by atoms with Crippen LogP contribution in [0.1, 0.15) is 12.5 Å². The minimum atomic E-state index is -4.26. The van der Waals surface area contributed by atoms with Crippen LogP contribution in [0.5, 0.6) is 11.5 Å². The molecule has 4 amide bonds. The minimum absolute atomic E-state index is 0.0598. The van der Waals surface area contributed by atoms with Gasteiger partial charge in [-0.05, 0) is 82.4 Å². The van der Waals surface area contributed by atoms with E-state index in [-0.39, 0.29) is 39.7 Å². The lowest BCUT2D eigenvalue weighted by atomic mass is 10.2. The highest BCUT2D eigenvalue weighted by Gasteiger charge is 2.37. The van der Waals surface area contributed by atoms with Crippen LogP contribution in [0.25, 0.3) is 6.08 Å². The first-order chi connectivity index (χ1) is 19.0. The molecule has 2 heterocycles. The Labute approximate surface area is 248 Å². The summed E-state index contributed by atoms with van der Waals surface area (Å²) in [6.07, 6.45) is 1.47. The standard InChI is InChI=1S/C25H24IN3O9S2/c1-15(30)27-17-3-5-18(6-4-17)40(34,35)38-23-19(26)11-16(12-20(23)36-2)13-21-24(32)29(25(33)39-21)14-22(31)28-7-9-37-10-8-28/h3-6,11-13H,7-10,14H2,1-2H3,(H,27,30)/b21-13-. The van der Waals surface area contributed by atoms with E-state index in [1.165, 1.54) is 50.4 Å². The maximum absolute atomic E-state index is 12.9. The summed E-state index contributed by atoms with van der Waals surface area (Å²) in [5.41, 5.74) is 0.883. The summed E-state index contributed by atoms with van der Waals surface area (Å²) in [6.45, 7) is 2.58. The fraction of sp³-hybridized carbons (Fsp3) is 0.280. The summed E-state index contributed by atoms with van der Waals surface area (Å²) in [7, 11) is -2.92. The number of thioether (sulfide) groups is 1. The second kappa shape index (κ2) is 12.6. The van der Waals surface area contributed by atoms with Gasteiger partial charge >= 0.3 is 10.1 Å². The van der Waals surface area contributed by atoms with E-state index in [4.69, 9.17) is 13.7 Å². The van der Waals surface area contributed by atoms with E-state index in [2.05, 4.69) is 5.32 Å². The van der Waals surface area contributed by atoms with Gasteiger partial charge in [-0.2, -0.15) is 8.42 Å². The number of hydrogen-bond donors (Lipinski definition) is 1. The average molecular weight is 702 g/mol. The molecule has 2 aliphatic rings. The molecule has 0 radical (unpaired) electrons. The second-order valence-electron chi connectivity index (χ2n) is 8.54. The van der Waals surface area contributed by atoms with Crippen LogP contribution in [-0.4, -0.2) is 81.1 Å². The quantitative estimate of drug-likeness (QED) is 0.248. The molecule has 0 unspecified atom stereocenters. The molecule has 1 N–H and O–H groups in total. The number of hydrogen-bond acceptors (Lipinski definition) is 10. The number of halogens is 1. The van der Waals surface area contributed by atoms with Gasteiger partial charge < -0.3 is 23.9 Å². The molecule has 4 rings (SSSR count). The number of anilines is 1. The van der Waals surface area contributed by atoms with Gasteiger partial charge in [0.25, 0.3) is 11.1 Å². The summed E-state index contributed by atoms with van der Waals surface area (Å²) < 4.78 is 42.2. The second-order valence-corrected chi connectivity index (χ2v) is 12.2. The zero-order valence-corrected chi connectivity index (χ0v) is 25.1. The summed E-state index contributed by atoms with van der Waals surface area (Å²) in [6, 6.07) is 8.51. The van der Waals surface area contributed by atoms with E-state index in [1.54, 1.807) is 11.0 Å². The van der Waals surface area contributed by atoms with Crippen molar-refractivity contribution in [3.63, 3.8) is 0 Å². The molecule has 2 aliphatic heterocycles. The van der Waals surface area contributed by atoms with Gasteiger partial charge in [-0.25, -0.2) is 0 Å². The molecule has 212 valence electrons. The van der Waals surface area contributed by atoms with Crippen molar-refractivity contribution in [1.29, 1.82) is 0 Å². The Morgan fingerprint density at radius 1 is 1.15 bits per heavy atom. The predicted octanol–water partition coefficient (Wildman–Crippen LogP) is 2.92. The average Bonchev–Trinajstić information content (AvgIpc) is 3.17. The Morgan fingerprint density at radius 2 is 1.82 bits per heavy atom. The van der Waals surface area contributed by atoms with Gasteiger partial charge in [-0.3, -0.25) is 24.1 Å². The van der Waals surface area contributed by atoms with E-state index in [0.717, 1.165) is 4.90 Å². The Hall–Kier alpha value is -3.15. The van der Waals surface area contributed by atoms with E-state index >= 15 is 0 Å². The Kier molecular flexibility index (Phi) is 9.37. The molecule has 2 aromatic rings. The molecular weight excluding hydrogens is 677 g/mol. The number of imide groups is 1. The van der Waals surface area contributed by atoms with Gasteiger partial charge in [0.1, 0.15) is 11.4 Å². The van der Waals surface area contributed by atoms with Crippen LogP contribution in [0.3, 0.4) is 0 Å². The highest BCUT2D eigenvalue weighted by atomic mass is 127. The van der Waals surface area contributed by atoms with Crippen LogP contribution in [-0.2, 0) is 29.2 Å². The van der Waals surface area contributed by atoms with Crippen molar-refractivity contribution in [3.05, 3.63) is 50.4 Å². The van der Waals surface area contributed by atoms with Gasteiger partial charge in [0.2, 0.25) is 11.8 Å². The molecule has 12 nitrogen and oxygen atoms in total. The van der Waals surface area contributed by atoms with Crippen LogP contribution in [0, 0.1) is 3.57 Å². The van der Waals surface area contributed by atoms with Crippen molar-refractivity contribution >= 4 is 79.2 Å². The number of amides is 4. The molecule has 0 saturated carbocycles. The lowest BCUT2D eigenvalue weighted by Crippen LogP contribution is -2.46. The first-order valence-electron chi connectivity index (χ1n) is 11.8. The van der Waals surface area contributed by atoms with E-state index < -0.39 is 21.3 Å². The third kappa shape index (κ3) is 6.94. The molecular formula is C25H24IN3O9S2. The smallest absolute Gasteiger partial charge is 0.339 e. The fourth-order valence-electron chi connectivity index (χ4n) is 3.81. The number of nitrogens with zero attached hydrogens (tertiary/aromatic N) is 2. The van der Waals surface area contributed by atoms with Gasteiger partial charge in [-0.1, -0.05) is 0 Å². The van der Waals surface area contributed by atoms with Gasteiger partial charge in [-0.15, -0.1) is 0 Å². The third-order valence-electron chi connectivity index (χ3n) is 5.74. The first-order valence-corrected chi connectivity index (χ1v) is 15.1. The lowest BCUT2D eigenvalue weighted by Gasteiger charge is -2.28. The van der Waals surface area contributed by atoms with Crippen LogP contribution >= 0.6 is 34.4 Å². The van der Waals surface area contributed by atoms with Crippen LogP contribution < -0.4 is 14.2 Å². The van der Waals surface area contributed by atoms with Crippen molar-refractivity contribution < 1.29 is 41.3 Å². The molecule has 0 aromatic heterocycles. The normalized spacial score (nSPS) is 16.8. The molecule has 0 atom stereocenters. The van der Waals surface area contributed by atoms with E-state index in [9.17, 15) is 27.6 Å². The molecule has 2 fully saturated rings. The van der Waals surface area contributed by atoms with Crippen molar-refractivity contribution in [2.45, 2.75) is 11.8 Å². The molecule has 2 saturated heterocycles. The van der Waals surface area contributed by atoms with Crippen LogP contribution in [0.2, 0.25) is 0 Å². The number of carbonyl (C=O) groups excluding carboxylic acids is 4. The third-order valence-corrected chi connectivity index (χ3v) is 8.68. The number of methoxy groups -OCH3 is 1. The van der Waals surface area contributed by atoms with Gasteiger partial charge in [0, 0.05) is 25.7 Å². The molecule has 2 aromatic carbocycles. The number of nitrogens with one attached hydrogen (secondary N) is 1. The summed E-state index contributed by atoms with van der Waals surface area (Å²) in [5, 5.41) is 1.99. The number of ether oxygens (including phenoxy) is 2. The zero-order chi connectivity index (χ0) is 29.0. The Morgan fingerprint density at radius 3 is 2.45 bits per heavy atom. The highest BCUT2D eigenvalue weighted by Crippen LogP contribution is 2.38. The molecule has 0 aliphatic carbocycles. The molecule has 15 heteroatoms. The predicted molar refractivity (Wildman–Crippen MR) is 154 cm³/mol. The van der Waals surface area contributed by atoms with Crippen LogP contribution in [0.15, 0.2) is 46.2 Å². The lowest BCUT2D eigenvalue weighted by molar-refractivity contribution is -0.139. The topological polar surface area (TPSA) is 149 Å². The Bertz CT molecular complexity index is 1490. The van der Waals surface area contributed by atoms with Crippen molar-refractivity contribution in [3.8, 4) is 11.5 Å². The summed E-state index contributed by atoms with van der Waals surface area (Å²) >= 11 is 2.59. The number of rotatable bonds is 8. The fourth-order valence-corrected chi connectivity index (χ4v) is 6.49. The van der Waals surface area contributed by atoms with E-state index in [1.807, 2.05) is 22.6 Å². The van der Waals surface area contributed by atoms with Crippen LogP contribution in [0.4, 0.5) is 10.5 Å². The largest absolute Gasteiger partial charge is 0.493 e. The highest BCUT2D eigenvalue weighted by molar-refractivity contribution is 14.1. The maximum Gasteiger partial charge on any atom is 0.339 e. The Balaban J connectivity index is 1.52. The minimum Gasteiger partial charge on any atom is -0.493 e. The molecule has 0 bridgehead atoms. The van der Waals surface area contributed by atoms with Gasteiger partial charge in [0.15, 0.2) is 11.5 Å². The van der Waals surface area contributed by atoms with Crippen molar-refractivity contribution in [1.82, 2.24) is 9.80 Å². The van der Waals surface area contributed by atoms with Crippen molar-refractivity contribution in [2.24, 2.45) is 0 Å². The zero-order valence-electron chi connectivity index (χ0n) is 21.3. The number of morpholine rings is 1. The summed E-state index contributed by atoms with van der Waals surface area (Å²) in [4.78, 5) is 51.6. The van der Waals surface area contributed by atoms with Gasteiger partial charge in [0.05, 0.1) is 28.8 Å². The SMILES string of the molecule is COc1cc(/C=C2\SC(=O)N(CC(=O)N3CCOCC3)C2=O)cc(I)c1OS(=O)(=O)c1ccc(NC(C)=O)cc1. The van der Waals surface area contributed by atoms with Crippen molar-refractivity contribution in [2.75, 3.05) is 45.3 Å². The number of benzene rings is 2.